The SMILES string of the molecule is Cc1cc(OC[C@]2(CC(N)=O)CN(C(=O)c3ncccn3)CCO2)ccc1Cl. The Morgan fingerprint density at radius 1 is 1.36 bits per heavy atom. The third kappa shape index (κ3) is 4.76. The van der Waals surface area contributed by atoms with Crippen LogP contribution >= 0.6 is 11.6 Å². The molecule has 1 atom stereocenters. The maximum atomic E-state index is 12.7. The highest BCUT2D eigenvalue weighted by Crippen LogP contribution is 2.26. The summed E-state index contributed by atoms with van der Waals surface area (Å²) in [5, 5.41) is 0.632. The number of hydrogen-bond donors (Lipinski definition) is 1. The van der Waals surface area contributed by atoms with E-state index in [0.29, 0.717) is 17.3 Å². The number of rotatable bonds is 6. The van der Waals surface area contributed by atoms with Crippen LogP contribution in [0.4, 0.5) is 0 Å². The van der Waals surface area contributed by atoms with Gasteiger partial charge >= 0.3 is 0 Å². The maximum Gasteiger partial charge on any atom is 0.291 e. The molecule has 2 amide bonds. The number of aromatic nitrogens is 2. The molecule has 3 rings (SSSR count). The lowest BCUT2D eigenvalue weighted by molar-refractivity contribution is -0.142. The first kappa shape index (κ1) is 20.0. The number of primary amides is 1. The first-order valence-electron chi connectivity index (χ1n) is 8.76. The van der Waals surface area contributed by atoms with Crippen LogP contribution in [0.25, 0.3) is 0 Å². The van der Waals surface area contributed by atoms with Crippen molar-refractivity contribution in [2.24, 2.45) is 5.73 Å². The Hall–Kier alpha value is -2.71. The fourth-order valence-electron chi connectivity index (χ4n) is 3.05. The molecule has 1 aliphatic heterocycles. The fraction of sp³-hybridized carbons (Fsp3) is 0.368. The van der Waals surface area contributed by atoms with Crippen molar-refractivity contribution in [3.8, 4) is 5.75 Å². The van der Waals surface area contributed by atoms with Gasteiger partial charge in [0.1, 0.15) is 18.0 Å². The van der Waals surface area contributed by atoms with Gasteiger partial charge in [-0.2, -0.15) is 0 Å². The molecule has 1 fully saturated rings. The third-order valence-electron chi connectivity index (χ3n) is 4.42. The zero-order chi connectivity index (χ0) is 20.1. The van der Waals surface area contributed by atoms with E-state index in [1.54, 1.807) is 29.2 Å². The van der Waals surface area contributed by atoms with Crippen molar-refractivity contribution in [1.82, 2.24) is 14.9 Å². The van der Waals surface area contributed by atoms with Gasteiger partial charge in [0.15, 0.2) is 0 Å². The zero-order valence-corrected chi connectivity index (χ0v) is 16.2. The smallest absolute Gasteiger partial charge is 0.291 e. The van der Waals surface area contributed by atoms with Gasteiger partial charge in [-0.05, 0) is 36.8 Å². The van der Waals surface area contributed by atoms with E-state index >= 15 is 0 Å². The van der Waals surface area contributed by atoms with E-state index in [9.17, 15) is 9.59 Å². The maximum absolute atomic E-state index is 12.7. The second-order valence-corrected chi connectivity index (χ2v) is 7.08. The van der Waals surface area contributed by atoms with Crippen molar-refractivity contribution in [1.29, 1.82) is 0 Å². The number of benzene rings is 1. The van der Waals surface area contributed by atoms with Crippen molar-refractivity contribution in [3.63, 3.8) is 0 Å². The molecule has 1 aliphatic rings. The molecule has 0 unspecified atom stereocenters. The zero-order valence-electron chi connectivity index (χ0n) is 15.4. The second kappa shape index (κ2) is 8.53. The van der Waals surface area contributed by atoms with E-state index in [1.807, 2.05) is 6.92 Å². The second-order valence-electron chi connectivity index (χ2n) is 6.67. The van der Waals surface area contributed by atoms with Crippen molar-refractivity contribution in [2.75, 3.05) is 26.3 Å². The van der Waals surface area contributed by atoms with Crippen LogP contribution in [0.5, 0.6) is 5.75 Å². The summed E-state index contributed by atoms with van der Waals surface area (Å²) in [6, 6.07) is 6.90. The number of carbonyl (C=O) groups is 2. The Balaban J connectivity index is 1.76. The van der Waals surface area contributed by atoms with Crippen LogP contribution in [-0.2, 0) is 9.53 Å². The van der Waals surface area contributed by atoms with Gasteiger partial charge in [-0.3, -0.25) is 9.59 Å². The summed E-state index contributed by atoms with van der Waals surface area (Å²) < 4.78 is 11.7. The predicted molar refractivity (Wildman–Crippen MR) is 102 cm³/mol. The molecule has 0 aliphatic carbocycles. The minimum absolute atomic E-state index is 0.0520. The Kier molecular flexibility index (Phi) is 6.11. The van der Waals surface area contributed by atoms with Gasteiger partial charge in [0, 0.05) is 24.0 Å². The summed E-state index contributed by atoms with van der Waals surface area (Å²) in [7, 11) is 0. The summed E-state index contributed by atoms with van der Waals surface area (Å²) in [5.74, 6) is -0.197. The molecule has 0 bridgehead atoms. The molecule has 0 spiro atoms. The molecule has 0 saturated carbocycles. The van der Waals surface area contributed by atoms with Crippen LogP contribution in [0.2, 0.25) is 5.02 Å². The topological polar surface area (TPSA) is 108 Å². The highest BCUT2D eigenvalue weighted by molar-refractivity contribution is 6.31. The molecular weight excluding hydrogens is 384 g/mol. The van der Waals surface area contributed by atoms with E-state index in [0.717, 1.165) is 5.56 Å². The number of aryl methyl sites for hydroxylation is 1. The summed E-state index contributed by atoms with van der Waals surface area (Å²) in [6.45, 7) is 2.66. The van der Waals surface area contributed by atoms with Crippen molar-refractivity contribution in [3.05, 3.63) is 53.1 Å². The number of morpholine rings is 1. The van der Waals surface area contributed by atoms with Gasteiger partial charge in [-0.15, -0.1) is 0 Å². The Morgan fingerprint density at radius 2 is 2.11 bits per heavy atom. The number of ether oxygens (including phenoxy) is 2. The van der Waals surface area contributed by atoms with Crippen molar-refractivity contribution in [2.45, 2.75) is 18.9 Å². The van der Waals surface area contributed by atoms with Crippen LogP contribution in [0.3, 0.4) is 0 Å². The molecule has 9 heteroatoms. The lowest BCUT2D eigenvalue weighted by atomic mass is 9.97. The standard InChI is InChI=1S/C19H21ClN4O4/c1-13-9-14(3-4-15(13)20)27-12-19(10-16(21)25)11-24(7-8-28-19)18(26)17-22-5-2-6-23-17/h2-6,9H,7-8,10-12H2,1H3,(H2,21,25)/t19-/m0/s1. The minimum atomic E-state index is -1.05. The Bertz CT molecular complexity index is 864. The molecule has 2 heterocycles. The molecule has 2 N–H and O–H groups in total. The highest BCUT2D eigenvalue weighted by Gasteiger charge is 2.41. The van der Waals surface area contributed by atoms with Crippen molar-refractivity contribution < 1.29 is 19.1 Å². The number of carbonyl (C=O) groups excluding carboxylic acids is 2. The van der Waals surface area contributed by atoms with Crippen LogP contribution in [0, 0.1) is 6.92 Å². The van der Waals surface area contributed by atoms with Gasteiger partial charge in [0.2, 0.25) is 11.7 Å². The molecule has 148 valence electrons. The van der Waals surface area contributed by atoms with Gasteiger partial charge in [-0.1, -0.05) is 11.6 Å². The lowest BCUT2D eigenvalue weighted by Gasteiger charge is -2.41. The number of amides is 2. The Morgan fingerprint density at radius 3 is 2.79 bits per heavy atom. The number of nitrogens with zero attached hydrogens (tertiary/aromatic N) is 3. The Labute approximate surface area is 167 Å². The van der Waals surface area contributed by atoms with Gasteiger partial charge < -0.3 is 20.1 Å². The van der Waals surface area contributed by atoms with Gasteiger partial charge in [0.05, 0.1) is 19.6 Å². The normalized spacial score (nSPS) is 19.3. The molecule has 1 saturated heterocycles. The summed E-state index contributed by atoms with van der Waals surface area (Å²) in [6.07, 6.45) is 2.92. The largest absolute Gasteiger partial charge is 0.490 e. The molecule has 1 aromatic heterocycles. The average molecular weight is 405 g/mol. The molecule has 1 aromatic carbocycles. The summed E-state index contributed by atoms with van der Waals surface area (Å²) in [5.41, 5.74) is 5.25. The number of halogens is 1. The third-order valence-corrected chi connectivity index (χ3v) is 4.84. The quantitative estimate of drug-likeness (QED) is 0.783. The van der Waals surface area contributed by atoms with E-state index < -0.39 is 11.5 Å². The number of hydrogen-bond acceptors (Lipinski definition) is 6. The molecule has 28 heavy (non-hydrogen) atoms. The average Bonchev–Trinajstić information content (AvgIpc) is 2.69. The van der Waals surface area contributed by atoms with E-state index in [-0.39, 0.29) is 37.9 Å². The fourth-order valence-corrected chi connectivity index (χ4v) is 3.17. The monoisotopic (exact) mass is 404 g/mol. The molecular formula is C19H21ClN4O4. The van der Waals surface area contributed by atoms with E-state index in [4.69, 9.17) is 26.8 Å². The predicted octanol–water partition coefficient (Wildman–Crippen LogP) is 1.60. The highest BCUT2D eigenvalue weighted by atomic mass is 35.5. The summed E-state index contributed by atoms with van der Waals surface area (Å²) in [4.78, 5) is 33.9. The minimum Gasteiger partial charge on any atom is -0.490 e. The first-order valence-corrected chi connectivity index (χ1v) is 9.14. The number of nitrogens with two attached hydrogens (primary N) is 1. The summed E-state index contributed by atoms with van der Waals surface area (Å²) >= 11 is 6.04. The van der Waals surface area contributed by atoms with E-state index in [1.165, 1.54) is 12.4 Å². The molecule has 0 radical (unpaired) electrons. The molecule has 2 aromatic rings. The van der Waals surface area contributed by atoms with Crippen LogP contribution < -0.4 is 10.5 Å². The van der Waals surface area contributed by atoms with E-state index in [2.05, 4.69) is 9.97 Å². The molecule has 8 nitrogen and oxygen atoms in total. The van der Waals surface area contributed by atoms with Crippen LogP contribution in [-0.4, -0.2) is 58.6 Å². The first-order chi connectivity index (χ1) is 13.4. The van der Waals surface area contributed by atoms with Crippen molar-refractivity contribution >= 4 is 23.4 Å². The van der Waals surface area contributed by atoms with Crippen LogP contribution in [0.15, 0.2) is 36.7 Å². The van der Waals surface area contributed by atoms with Crippen LogP contribution in [0.1, 0.15) is 22.6 Å². The lowest BCUT2D eigenvalue weighted by Crippen LogP contribution is -2.58. The van der Waals surface area contributed by atoms with Gasteiger partial charge in [0.25, 0.3) is 5.91 Å². The van der Waals surface area contributed by atoms with Gasteiger partial charge in [-0.25, -0.2) is 9.97 Å².